The van der Waals surface area contributed by atoms with Crippen LogP contribution in [-0.2, 0) is 6.42 Å². The van der Waals surface area contributed by atoms with Crippen molar-refractivity contribution in [2.75, 3.05) is 0 Å². The number of primary amides is 1. The van der Waals surface area contributed by atoms with Gasteiger partial charge in [-0.3, -0.25) is 10.1 Å². The molecule has 0 atom stereocenters. The van der Waals surface area contributed by atoms with Crippen molar-refractivity contribution in [3.8, 4) is 5.75 Å². The smallest absolute Gasteiger partial charge is 0.403 e. The molecule has 0 aliphatic heterocycles. The third-order valence-electron chi connectivity index (χ3n) is 2.71. The molecule has 0 fully saturated rings. The molecule has 0 heterocycles. The number of carbonyl (C=O) groups is 1. The number of nitro benzene ring substituents is 1. The minimum atomic E-state index is -1.08. The molecule has 0 spiro atoms. The molecule has 0 radical (unpaired) electrons. The Morgan fingerprint density at radius 1 is 1.15 bits per heavy atom. The van der Waals surface area contributed by atoms with Crippen molar-refractivity contribution in [2.24, 2.45) is 5.73 Å². The van der Waals surface area contributed by atoms with Gasteiger partial charge in [-0.1, -0.05) is 42.5 Å². The molecule has 20 heavy (non-hydrogen) atoms. The number of hydrogen-bond donors (Lipinski definition) is 1. The van der Waals surface area contributed by atoms with Crippen LogP contribution in [0.4, 0.5) is 10.5 Å². The fraction of sp³-hybridized carbons (Fsp3) is 0.0714. The molecule has 0 aliphatic rings. The summed E-state index contributed by atoms with van der Waals surface area (Å²) in [5, 5.41) is 11.2. The molecule has 1 amide bonds. The van der Waals surface area contributed by atoms with Crippen LogP contribution in [0.5, 0.6) is 5.75 Å². The molecular weight excluding hydrogens is 260 g/mol. The van der Waals surface area contributed by atoms with E-state index in [4.69, 9.17) is 5.73 Å². The highest BCUT2D eigenvalue weighted by Crippen LogP contribution is 2.32. The minimum absolute atomic E-state index is 0.143. The number of ether oxygens (including phenoxy) is 1. The first kappa shape index (κ1) is 13.5. The quantitative estimate of drug-likeness (QED) is 0.683. The van der Waals surface area contributed by atoms with Gasteiger partial charge in [-0.25, -0.2) is 4.79 Å². The Kier molecular flexibility index (Phi) is 3.95. The van der Waals surface area contributed by atoms with E-state index in [9.17, 15) is 14.9 Å². The zero-order valence-corrected chi connectivity index (χ0v) is 10.5. The highest BCUT2D eigenvalue weighted by molar-refractivity contribution is 5.70. The van der Waals surface area contributed by atoms with Crippen molar-refractivity contribution in [3.63, 3.8) is 0 Å². The molecule has 2 aromatic carbocycles. The summed E-state index contributed by atoms with van der Waals surface area (Å²) < 4.78 is 4.68. The highest BCUT2D eigenvalue weighted by atomic mass is 16.6. The maximum Gasteiger partial charge on any atom is 0.410 e. The van der Waals surface area contributed by atoms with Gasteiger partial charge in [-0.05, 0) is 11.6 Å². The number of rotatable bonds is 4. The lowest BCUT2D eigenvalue weighted by Crippen LogP contribution is -2.17. The topological polar surface area (TPSA) is 95.5 Å². The standard InChI is InChI=1S/C14H12N2O4/c15-14(17)20-12-8-4-7-11(13(12)16(18)19)9-10-5-2-1-3-6-10/h1-8H,9H2,(H2,15,17). The van der Waals surface area contributed by atoms with Gasteiger partial charge in [0.1, 0.15) is 0 Å². The van der Waals surface area contributed by atoms with Crippen molar-refractivity contribution >= 4 is 11.8 Å². The molecule has 0 bridgehead atoms. The van der Waals surface area contributed by atoms with E-state index in [1.54, 1.807) is 12.1 Å². The Labute approximate surface area is 114 Å². The Morgan fingerprint density at radius 3 is 2.45 bits per heavy atom. The first-order valence-corrected chi connectivity index (χ1v) is 5.85. The Balaban J connectivity index is 2.42. The van der Waals surface area contributed by atoms with Gasteiger partial charge in [0.15, 0.2) is 0 Å². The lowest BCUT2D eigenvalue weighted by molar-refractivity contribution is -0.386. The summed E-state index contributed by atoms with van der Waals surface area (Å²) in [5.74, 6) is -0.143. The molecule has 2 aromatic rings. The third-order valence-corrected chi connectivity index (χ3v) is 2.71. The van der Waals surface area contributed by atoms with Gasteiger partial charge in [0.2, 0.25) is 5.75 Å². The Hall–Kier alpha value is -2.89. The average Bonchev–Trinajstić information content (AvgIpc) is 2.39. The summed E-state index contributed by atoms with van der Waals surface area (Å²) in [6.45, 7) is 0. The van der Waals surface area contributed by atoms with Crippen molar-refractivity contribution in [3.05, 3.63) is 69.8 Å². The third kappa shape index (κ3) is 3.11. The van der Waals surface area contributed by atoms with Crippen LogP contribution in [0.15, 0.2) is 48.5 Å². The second kappa shape index (κ2) is 5.83. The SMILES string of the molecule is NC(=O)Oc1cccc(Cc2ccccc2)c1[N+](=O)[O-]. The summed E-state index contributed by atoms with van der Waals surface area (Å²) >= 11 is 0. The molecule has 6 heteroatoms. The monoisotopic (exact) mass is 272 g/mol. The van der Waals surface area contributed by atoms with Crippen molar-refractivity contribution in [1.29, 1.82) is 0 Å². The summed E-state index contributed by atoms with van der Waals surface area (Å²) in [6.07, 6.45) is -0.711. The number of benzene rings is 2. The number of nitro groups is 1. The predicted octanol–water partition coefficient (Wildman–Crippen LogP) is 2.64. The van der Waals surface area contributed by atoms with Crippen LogP contribution in [0.1, 0.15) is 11.1 Å². The van der Waals surface area contributed by atoms with Crippen molar-refractivity contribution in [2.45, 2.75) is 6.42 Å². The number of carbonyl (C=O) groups excluding carboxylic acids is 1. The number of nitrogens with zero attached hydrogens (tertiary/aromatic N) is 1. The zero-order chi connectivity index (χ0) is 14.5. The van der Waals surface area contributed by atoms with Gasteiger partial charge >= 0.3 is 11.8 Å². The second-order valence-corrected chi connectivity index (χ2v) is 4.10. The van der Waals surface area contributed by atoms with E-state index in [2.05, 4.69) is 4.74 Å². The van der Waals surface area contributed by atoms with E-state index in [0.717, 1.165) is 5.56 Å². The number of nitrogens with two attached hydrogens (primary N) is 1. The van der Waals surface area contributed by atoms with Gasteiger partial charge < -0.3 is 10.5 Å². The van der Waals surface area contributed by atoms with Crippen LogP contribution in [0.3, 0.4) is 0 Å². The van der Waals surface area contributed by atoms with Crippen molar-refractivity contribution < 1.29 is 14.5 Å². The highest BCUT2D eigenvalue weighted by Gasteiger charge is 2.22. The number of para-hydroxylation sites is 1. The fourth-order valence-corrected chi connectivity index (χ4v) is 1.92. The lowest BCUT2D eigenvalue weighted by Gasteiger charge is -2.07. The summed E-state index contributed by atoms with van der Waals surface area (Å²) in [5.41, 5.74) is 6.05. The summed E-state index contributed by atoms with van der Waals surface area (Å²) in [6, 6.07) is 13.9. The van der Waals surface area contributed by atoms with E-state index in [1.807, 2.05) is 30.3 Å². The molecule has 102 valence electrons. The van der Waals surface area contributed by atoms with Crippen LogP contribution in [0, 0.1) is 10.1 Å². The molecular formula is C14H12N2O4. The van der Waals surface area contributed by atoms with E-state index < -0.39 is 11.0 Å². The molecule has 0 aromatic heterocycles. The van der Waals surface area contributed by atoms with Crippen LogP contribution >= 0.6 is 0 Å². The van der Waals surface area contributed by atoms with E-state index >= 15 is 0 Å². The van der Waals surface area contributed by atoms with Gasteiger partial charge in [-0.2, -0.15) is 0 Å². The molecule has 0 saturated heterocycles. The Bertz CT molecular complexity index is 641. The van der Waals surface area contributed by atoms with E-state index in [0.29, 0.717) is 12.0 Å². The maximum absolute atomic E-state index is 11.2. The van der Waals surface area contributed by atoms with E-state index in [-0.39, 0.29) is 11.4 Å². The summed E-state index contributed by atoms with van der Waals surface area (Å²) in [7, 11) is 0. The Morgan fingerprint density at radius 2 is 1.85 bits per heavy atom. The van der Waals surface area contributed by atoms with E-state index in [1.165, 1.54) is 6.07 Å². The number of amides is 1. The zero-order valence-electron chi connectivity index (χ0n) is 10.5. The normalized spacial score (nSPS) is 10.0. The summed E-state index contributed by atoms with van der Waals surface area (Å²) in [4.78, 5) is 21.4. The molecule has 2 N–H and O–H groups in total. The van der Waals surface area contributed by atoms with Crippen LogP contribution < -0.4 is 10.5 Å². The first-order valence-electron chi connectivity index (χ1n) is 5.85. The largest absolute Gasteiger partial charge is 0.410 e. The van der Waals surface area contributed by atoms with Gasteiger partial charge in [0, 0.05) is 12.0 Å². The fourth-order valence-electron chi connectivity index (χ4n) is 1.92. The van der Waals surface area contributed by atoms with Gasteiger partial charge in [0.25, 0.3) is 0 Å². The predicted molar refractivity (Wildman–Crippen MR) is 72.6 cm³/mol. The second-order valence-electron chi connectivity index (χ2n) is 4.10. The maximum atomic E-state index is 11.2. The molecule has 0 unspecified atom stereocenters. The van der Waals surface area contributed by atoms with Gasteiger partial charge in [-0.15, -0.1) is 0 Å². The average molecular weight is 272 g/mol. The molecule has 6 nitrogen and oxygen atoms in total. The van der Waals surface area contributed by atoms with Crippen molar-refractivity contribution in [1.82, 2.24) is 0 Å². The van der Waals surface area contributed by atoms with Crippen LogP contribution in [0.2, 0.25) is 0 Å². The minimum Gasteiger partial charge on any atom is -0.403 e. The molecule has 0 aliphatic carbocycles. The van der Waals surface area contributed by atoms with Crippen LogP contribution in [-0.4, -0.2) is 11.0 Å². The van der Waals surface area contributed by atoms with Gasteiger partial charge in [0.05, 0.1) is 4.92 Å². The first-order chi connectivity index (χ1) is 9.58. The lowest BCUT2D eigenvalue weighted by atomic mass is 10.0. The number of hydrogen-bond acceptors (Lipinski definition) is 4. The molecule has 0 saturated carbocycles. The molecule has 2 rings (SSSR count). The van der Waals surface area contributed by atoms with Crippen LogP contribution in [0.25, 0.3) is 0 Å².